The largest absolute Gasteiger partial charge is 0.493 e. The van der Waals surface area contributed by atoms with E-state index in [1.165, 1.54) is 24.3 Å². The van der Waals surface area contributed by atoms with Gasteiger partial charge in [-0.15, -0.1) is 0 Å². The zero-order chi connectivity index (χ0) is 30.1. The van der Waals surface area contributed by atoms with Crippen molar-refractivity contribution >= 4 is 44.8 Å². The van der Waals surface area contributed by atoms with Gasteiger partial charge in [0.1, 0.15) is 6.54 Å². The molecule has 4 aromatic carbocycles. The van der Waals surface area contributed by atoms with E-state index >= 15 is 0 Å². The summed E-state index contributed by atoms with van der Waals surface area (Å²) in [5.41, 5.74) is 1.74. The Hall–Kier alpha value is -4.54. The summed E-state index contributed by atoms with van der Waals surface area (Å²) in [5.74, 6) is 0.195. The van der Waals surface area contributed by atoms with E-state index in [0.717, 1.165) is 9.87 Å². The minimum Gasteiger partial charge on any atom is -0.493 e. The van der Waals surface area contributed by atoms with Crippen molar-refractivity contribution in [1.29, 1.82) is 0 Å². The molecule has 0 saturated carbocycles. The number of hydrogen-bond acceptors (Lipinski definition) is 6. The summed E-state index contributed by atoms with van der Waals surface area (Å²) >= 11 is 5.94. The fourth-order valence-electron chi connectivity index (χ4n) is 4.21. The SMILES string of the molecule is COc1ccc(CCNC(=O)c2ccccc2NC(=O)CN(c2ccccc2)S(=O)(=O)c2ccc(Cl)cc2)cc1OC. The zero-order valence-electron chi connectivity index (χ0n) is 23.0. The third-order valence-corrected chi connectivity index (χ3v) is 8.37. The predicted octanol–water partition coefficient (Wildman–Crippen LogP) is 5.16. The molecule has 0 atom stereocenters. The van der Waals surface area contributed by atoms with Gasteiger partial charge in [-0.2, -0.15) is 0 Å². The van der Waals surface area contributed by atoms with Crippen molar-refractivity contribution in [2.45, 2.75) is 11.3 Å². The number of carbonyl (C=O) groups excluding carboxylic acids is 2. The molecule has 218 valence electrons. The van der Waals surface area contributed by atoms with Gasteiger partial charge in [-0.3, -0.25) is 13.9 Å². The van der Waals surface area contributed by atoms with Crippen LogP contribution in [0.15, 0.2) is 102 Å². The summed E-state index contributed by atoms with van der Waals surface area (Å²) in [4.78, 5) is 26.3. The molecule has 0 aliphatic heterocycles. The van der Waals surface area contributed by atoms with Crippen LogP contribution < -0.4 is 24.4 Å². The molecule has 0 bridgehead atoms. The third kappa shape index (κ3) is 7.39. The number of para-hydroxylation sites is 2. The zero-order valence-corrected chi connectivity index (χ0v) is 24.6. The number of benzene rings is 4. The van der Waals surface area contributed by atoms with E-state index in [4.69, 9.17) is 21.1 Å². The molecule has 0 spiro atoms. The lowest BCUT2D eigenvalue weighted by Crippen LogP contribution is -2.38. The molecule has 0 radical (unpaired) electrons. The maximum absolute atomic E-state index is 13.5. The lowest BCUT2D eigenvalue weighted by atomic mass is 10.1. The molecule has 0 fully saturated rings. The number of amides is 2. The van der Waals surface area contributed by atoms with Crippen molar-refractivity contribution in [2.75, 3.05) is 36.9 Å². The number of hydrogen-bond donors (Lipinski definition) is 2. The highest BCUT2D eigenvalue weighted by atomic mass is 35.5. The maximum Gasteiger partial charge on any atom is 0.264 e. The lowest BCUT2D eigenvalue weighted by molar-refractivity contribution is -0.114. The molecular formula is C31H30ClN3O6S. The summed E-state index contributed by atoms with van der Waals surface area (Å²) in [5, 5.41) is 5.95. The van der Waals surface area contributed by atoms with Gasteiger partial charge in [0.2, 0.25) is 5.91 Å². The molecule has 4 rings (SSSR count). The first-order chi connectivity index (χ1) is 20.2. The second-order valence-corrected chi connectivity index (χ2v) is 11.4. The van der Waals surface area contributed by atoms with Crippen LogP contribution in [0.1, 0.15) is 15.9 Å². The summed E-state index contributed by atoms with van der Waals surface area (Å²) < 4.78 is 38.7. The second kappa shape index (κ2) is 13.9. The van der Waals surface area contributed by atoms with Crippen LogP contribution in [0, 0.1) is 0 Å². The van der Waals surface area contributed by atoms with Gasteiger partial charge in [0.15, 0.2) is 11.5 Å². The van der Waals surface area contributed by atoms with Gasteiger partial charge in [-0.1, -0.05) is 48.0 Å². The number of rotatable bonds is 12. The Morgan fingerprint density at radius 1 is 0.833 bits per heavy atom. The van der Waals surface area contributed by atoms with E-state index in [-0.39, 0.29) is 22.1 Å². The second-order valence-electron chi connectivity index (χ2n) is 9.09. The van der Waals surface area contributed by atoms with Crippen LogP contribution in [-0.2, 0) is 21.2 Å². The van der Waals surface area contributed by atoms with Crippen LogP contribution in [0.4, 0.5) is 11.4 Å². The first-order valence-corrected chi connectivity index (χ1v) is 14.8. The highest BCUT2D eigenvalue weighted by Gasteiger charge is 2.27. The topological polar surface area (TPSA) is 114 Å². The number of halogens is 1. The third-order valence-electron chi connectivity index (χ3n) is 6.33. The first-order valence-electron chi connectivity index (χ1n) is 12.9. The molecular weight excluding hydrogens is 578 g/mol. The van der Waals surface area contributed by atoms with E-state index < -0.39 is 22.5 Å². The Bertz CT molecular complexity index is 1650. The highest BCUT2D eigenvalue weighted by molar-refractivity contribution is 7.92. The highest BCUT2D eigenvalue weighted by Crippen LogP contribution is 2.28. The predicted molar refractivity (Wildman–Crippen MR) is 163 cm³/mol. The lowest BCUT2D eigenvalue weighted by Gasteiger charge is -2.24. The van der Waals surface area contributed by atoms with Crippen LogP contribution >= 0.6 is 11.6 Å². The molecule has 42 heavy (non-hydrogen) atoms. The van der Waals surface area contributed by atoms with E-state index in [1.54, 1.807) is 74.9 Å². The van der Waals surface area contributed by atoms with Crippen LogP contribution in [0.5, 0.6) is 11.5 Å². The molecule has 9 nitrogen and oxygen atoms in total. The summed E-state index contributed by atoms with van der Waals surface area (Å²) in [7, 11) is -0.997. The number of ether oxygens (including phenoxy) is 2. The van der Waals surface area contributed by atoms with Gasteiger partial charge in [-0.25, -0.2) is 8.42 Å². The average molecular weight is 608 g/mol. The smallest absolute Gasteiger partial charge is 0.264 e. The molecule has 2 N–H and O–H groups in total. The van der Waals surface area contributed by atoms with E-state index in [9.17, 15) is 18.0 Å². The van der Waals surface area contributed by atoms with Gasteiger partial charge in [-0.05, 0) is 72.6 Å². The van der Waals surface area contributed by atoms with Crippen LogP contribution in [0.2, 0.25) is 5.02 Å². The van der Waals surface area contributed by atoms with Gasteiger partial charge in [0, 0.05) is 11.6 Å². The molecule has 0 saturated heterocycles. The van der Waals surface area contributed by atoms with Crippen molar-refractivity contribution in [3.8, 4) is 11.5 Å². The number of nitrogens with zero attached hydrogens (tertiary/aromatic N) is 1. The van der Waals surface area contributed by atoms with Crippen molar-refractivity contribution < 1.29 is 27.5 Å². The first kappa shape index (κ1) is 30.4. The Labute approximate surface area is 250 Å². The quantitative estimate of drug-likeness (QED) is 0.230. The van der Waals surface area contributed by atoms with E-state index in [1.807, 2.05) is 12.1 Å². The fourth-order valence-corrected chi connectivity index (χ4v) is 5.75. The molecule has 0 unspecified atom stereocenters. The Morgan fingerprint density at radius 2 is 1.50 bits per heavy atom. The van der Waals surface area contributed by atoms with E-state index in [2.05, 4.69) is 10.6 Å². The number of carbonyl (C=O) groups is 2. The normalized spacial score (nSPS) is 10.9. The van der Waals surface area contributed by atoms with Gasteiger partial charge >= 0.3 is 0 Å². The molecule has 4 aromatic rings. The van der Waals surface area contributed by atoms with E-state index in [0.29, 0.717) is 35.2 Å². The van der Waals surface area contributed by atoms with Crippen LogP contribution in [0.25, 0.3) is 0 Å². The van der Waals surface area contributed by atoms with Gasteiger partial charge in [0.05, 0.1) is 36.1 Å². The monoisotopic (exact) mass is 607 g/mol. The Morgan fingerprint density at radius 3 is 2.19 bits per heavy atom. The summed E-state index contributed by atoms with van der Waals surface area (Å²) in [6, 6.07) is 26.1. The standard InChI is InChI=1S/C31H30ClN3O6S/c1-40-28-17-12-22(20-29(28)41-2)18-19-33-31(37)26-10-6-7-11-27(26)34-30(36)21-35(24-8-4-3-5-9-24)42(38,39)25-15-13-23(32)14-16-25/h3-17,20H,18-19,21H2,1-2H3,(H,33,37)(H,34,36). The van der Waals surface area contributed by atoms with Crippen molar-refractivity contribution in [3.63, 3.8) is 0 Å². The average Bonchev–Trinajstić information content (AvgIpc) is 3.00. The molecule has 0 aromatic heterocycles. The molecule has 2 amide bonds. The number of nitrogens with one attached hydrogen (secondary N) is 2. The fraction of sp³-hybridized carbons (Fsp3) is 0.161. The summed E-state index contributed by atoms with van der Waals surface area (Å²) in [6.45, 7) is -0.193. The molecule has 0 aliphatic carbocycles. The Kier molecular flexibility index (Phi) is 10.1. The molecule has 0 aliphatic rings. The molecule has 11 heteroatoms. The number of sulfonamides is 1. The minimum atomic E-state index is -4.11. The van der Waals surface area contributed by atoms with Crippen molar-refractivity contribution in [3.05, 3.63) is 113 Å². The van der Waals surface area contributed by atoms with Crippen molar-refractivity contribution in [2.24, 2.45) is 0 Å². The maximum atomic E-state index is 13.5. The molecule has 0 heterocycles. The van der Waals surface area contributed by atoms with Crippen LogP contribution in [0.3, 0.4) is 0 Å². The van der Waals surface area contributed by atoms with Crippen LogP contribution in [-0.4, -0.2) is 47.5 Å². The van der Waals surface area contributed by atoms with Gasteiger partial charge < -0.3 is 20.1 Å². The number of anilines is 2. The Balaban J connectivity index is 1.47. The summed E-state index contributed by atoms with van der Waals surface area (Å²) in [6.07, 6.45) is 0.537. The number of methoxy groups -OCH3 is 2. The minimum absolute atomic E-state index is 0.0159. The van der Waals surface area contributed by atoms with Gasteiger partial charge in [0.25, 0.3) is 15.9 Å². The van der Waals surface area contributed by atoms with Crippen molar-refractivity contribution in [1.82, 2.24) is 5.32 Å².